The van der Waals surface area contributed by atoms with Crippen LogP contribution in [0.4, 0.5) is 34.4 Å². The summed E-state index contributed by atoms with van der Waals surface area (Å²) in [7, 11) is 0. The van der Waals surface area contributed by atoms with Crippen molar-refractivity contribution in [3.63, 3.8) is 0 Å². The second-order valence-electron chi connectivity index (χ2n) is 10.3. The number of halogens is 2. The van der Waals surface area contributed by atoms with Gasteiger partial charge in [-0.25, -0.2) is 19.9 Å². The number of fused-ring (bicyclic) bond motifs is 2. The van der Waals surface area contributed by atoms with Gasteiger partial charge in [-0.3, -0.25) is 0 Å². The zero-order chi connectivity index (χ0) is 33.4. The highest BCUT2D eigenvalue weighted by atomic mass is 127. The van der Waals surface area contributed by atoms with Crippen LogP contribution in [0, 0.1) is 24.6 Å². The first-order valence-corrected chi connectivity index (χ1v) is 14.7. The largest absolute Gasteiger partial charge is 0.399 e. The molecule has 0 aliphatic carbocycles. The van der Waals surface area contributed by atoms with Gasteiger partial charge in [-0.2, -0.15) is 0 Å². The lowest BCUT2D eigenvalue weighted by molar-refractivity contribution is 0.157. The van der Waals surface area contributed by atoms with E-state index in [0.29, 0.717) is 24.6 Å². The number of benzene rings is 4. The monoisotopic (exact) mass is 884 g/mol. The van der Waals surface area contributed by atoms with Crippen molar-refractivity contribution in [1.29, 1.82) is 10.8 Å². The second-order valence-corrected chi connectivity index (χ2v) is 10.3. The van der Waals surface area contributed by atoms with E-state index in [1.807, 2.05) is 60.7 Å². The molecular weight excluding hydrogens is 846 g/mol. The predicted octanol–water partition coefficient (Wildman–Crippen LogP) is 8.47. The van der Waals surface area contributed by atoms with E-state index in [2.05, 4.69) is 78.6 Å². The Morgan fingerprint density at radius 3 is 1.43 bits per heavy atom. The van der Waals surface area contributed by atoms with Crippen molar-refractivity contribution in [3.05, 3.63) is 119 Å². The molecule has 6 rings (SSSR count). The normalized spacial score (nSPS) is 9.63. The highest BCUT2D eigenvalue weighted by Gasteiger charge is 2.06. The van der Waals surface area contributed by atoms with Gasteiger partial charge in [0, 0.05) is 33.5 Å². The second kappa shape index (κ2) is 21.1. The average Bonchev–Trinajstić information content (AvgIpc) is 3.06. The highest BCUT2D eigenvalue weighted by molar-refractivity contribution is 14.0. The van der Waals surface area contributed by atoms with Gasteiger partial charge < -0.3 is 26.8 Å². The first-order valence-electron chi connectivity index (χ1n) is 14.7. The number of hydrogen-bond acceptors (Lipinski definition) is 11. The van der Waals surface area contributed by atoms with E-state index in [9.17, 15) is 0 Å². The molecule has 13 nitrogen and oxygen atoms in total. The molecule has 49 heavy (non-hydrogen) atoms. The summed E-state index contributed by atoms with van der Waals surface area (Å²) in [5, 5.41) is 24.2. The van der Waals surface area contributed by atoms with Crippen molar-refractivity contribution < 1.29 is 4.74 Å². The van der Waals surface area contributed by atoms with Gasteiger partial charge in [0.2, 0.25) is 10.8 Å². The van der Waals surface area contributed by atoms with Crippen molar-refractivity contribution in [2.75, 3.05) is 48.4 Å². The first kappa shape index (κ1) is 40.2. The summed E-state index contributed by atoms with van der Waals surface area (Å²) in [6, 6.07) is 27.5. The zero-order valence-electron chi connectivity index (χ0n) is 27.0. The summed E-state index contributed by atoms with van der Waals surface area (Å²) in [4.78, 5) is 22.7. The number of aryl methyl sites for hydroxylation is 2. The van der Waals surface area contributed by atoms with E-state index < -0.39 is 0 Å². The molecule has 4 aromatic carbocycles. The van der Waals surface area contributed by atoms with Crippen LogP contribution in [-0.2, 0) is 4.74 Å². The summed E-state index contributed by atoms with van der Waals surface area (Å²) < 4.78 is 4.81. The third-order valence-electron chi connectivity index (χ3n) is 6.55. The molecule has 0 unspecified atom stereocenters. The van der Waals surface area contributed by atoms with Crippen LogP contribution in [0.3, 0.4) is 0 Å². The lowest BCUT2D eigenvalue weighted by atomic mass is 10.2. The van der Waals surface area contributed by atoms with Crippen LogP contribution < -0.4 is 22.1 Å². The molecule has 6 N–H and O–H groups in total. The quantitative estimate of drug-likeness (QED) is 0.0496. The minimum Gasteiger partial charge on any atom is -0.399 e. The summed E-state index contributed by atoms with van der Waals surface area (Å²) in [6.07, 6.45) is 3.10. The van der Waals surface area contributed by atoms with E-state index in [1.54, 1.807) is 12.7 Å². The molecule has 0 radical (unpaired) electrons. The molecule has 0 atom stereocenters. The Morgan fingerprint density at radius 1 is 0.612 bits per heavy atom. The smallest absolute Gasteiger partial charge is 0.328 e. The third-order valence-corrected chi connectivity index (χ3v) is 6.55. The number of nitrogen functional groups attached to an aromatic ring is 2. The van der Waals surface area contributed by atoms with Crippen molar-refractivity contribution in [2.24, 2.45) is 0 Å². The van der Waals surface area contributed by atoms with Crippen LogP contribution in [-0.4, -0.2) is 46.2 Å². The lowest BCUT2D eigenvalue weighted by Gasteiger charge is -2.09. The minimum atomic E-state index is 0. The molecule has 0 amide bonds. The van der Waals surface area contributed by atoms with Gasteiger partial charge in [-0.1, -0.05) is 24.3 Å². The first-order chi connectivity index (χ1) is 22.9. The van der Waals surface area contributed by atoms with Crippen LogP contribution in [0.2, 0.25) is 0 Å². The molecule has 0 saturated heterocycles. The lowest BCUT2D eigenvalue weighted by Crippen LogP contribution is -2.00. The van der Waals surface area contributed by atoms with Gasteiger partial charge in [0.25, 0.3) is 0 Å². The van der Waals surface area contributed by atoms with E-state index in [4.69, 9.17) is 27.0 Å². The number of ether oxygens (including phenoxy) is 1. The fourth-order valence-corrected chi connectivity index (χ4v) is 4.38. The maximum absolute atomic E-state index is 7.89. The standard InChI is InChI=1S/2C15H14N4.C4H8N4O.2HI/c2*1-10-3-2-4-12(7-10)19-15-13-8-11(16)5-6-14(13)17-9-18-15;5-7-1-3-9-4-2-8-6;;/h2*2-9H,16H2,1H3,(H,17,18,19);1-4H2;2*1H/q;;+2;;. The zero-order valence-corrected chi connectivity index (χ0v) is 31.7. The molecular formula is C34H38I2N12O+2. The van der Waals surface area contributed by atoms with E-state index >= 15 is 0 Å². The molecule has 252 valence electrons. The van der Waals surface area contributed by atoms with Gasteiger partial charge in [0.05, 0.1) is 11.0 Å². The SMILES string of the molecule is Cc1cccc(Nc2ncnc3ccc(N)cc23)c1.Cc1cccc(Nc2ncnc3ccc(N)cc23)c1.I.I.N#[N+]CCOCC[N+]#N. The van der Waals surface area contributed by atoms with Crippen LogP contribution in [0.15, 0.2) is 97.6 Å². The Kier molecular flexibility index (Phi) is 17.3. The predicted molar refractivity (Wildman–Crippen MR) is 218 cm³/mol. The number of rotatable bonds is 8. The minimum absolute atomic E-state index is 0. The Bertz CT molecular complexity index is 1890. The van der Waals surface area contributed by atoms with Crippen molar-refractivity contribution in [2.45, 2.75) is 13.8 Å². The topological polar surface area (TPSA) is 193 Å². The summed E-state index contributed by atoms with van der Waals surface area (Å²) in [6.45, 7) is 5.39. The highest BCUT2D eigenvalue weighted by Crippen LogP contribution is 2.26. The summed E-state index contributed by atoms with van der Waals surface area (Å²) in [5.41, 5.74) is 19.2. The third kappa shape index (κ3) is 12.9. The molecule has 15 heteroatoms. The summed E-state index contributed by atoms with van der Waals surface area (Å²) in [5.74, 6) is 1.53. The Labute approximate surface area is 318 Å². The van der Waals surface area contributed by atoms with Crippen LogP contribution >= 0.6 is 48.0 Å². The molecule has 2 aromatic heterocycles. The van der Waals surface area contributed by atoms with Crippen molar-refractivity contribution in [3.8, 4) is 0 Å². The van der Waals surface area contributed by atoms with Crippen LogP contribution in [0.1, 0.15) is 11.1 Å². The average molecular weight is 885 g/mol. The number of nitrogens with one attached hydrogen (secondary N) is 2. The number of diazo groups is 2. The molecule has 0 saturated carbocycles. The van der Waals surface area contributed by atoms with Crippen molar-refractivity contribution >= 4 is 104 Å². The molecule has 6 aromatic rings. The molecule has 0 bridgehead atoms. The number of nitrogens with zero attached hydrogens (tertiary/aromatic N) is 8. The Balaban J connectivity index is 0.000000267. The molecule has 0 aliphatic heterocycles. The Morgan fingerprint density at radius 2 is 1.04 bits per heavy atom. The number of anilines is 6. The van der Waals surface area contributed by atoms with Gasteiger partial charge >= 0.3 is 13.1 Å². The Hall–Kier alpha value is -4.98. The number of aromatic nitrogens is 4. The van der Waals surface area contributed by atoms with Crippen LogP contribution in [0.5, 0.6) is 0 Å². The number of hydrogen-bond donors (Lipinski definition) is 4. The van der Waals surface area contributed by atoms with Crippen LogP contribution in [0.25, 0.3) is 31.8 Å². The molecule has 0 fully saturated rings. The maximum Gasteiger partial charge on any atom is 0.328 e. The van der Waals surface area contributed by atoms with E-state index in [1.165, 1.54) is 11.1 Å². The molecule has 0 aliphatic rings. The van der Waals surface area contributed by atoms with E-state index in [0.717, 1.165) is 44.8 Å². The van der Waals surface area contributed by atoms with Gasteiger partial charge in [0.15, 0.2) is 0 Å². The maximum atomic E-state index is 7.89. The van der Waals surface area contributed by atoms with E-state index in [-0.39, 0.29) is 61.0 Å². The van der Waals surface area contributed by atoms with Gasteiger partial charge in [-0.15, -0.1) is 48.0 Å². The molecule has 2 heterocycles. The van der Waals surface area contributed by atoms with Gasteiger partial charge in [0.1, 0.15) is 47.5 Å². The molecule has 0 spiro atoms. The van der Waals surface area contributed by atoms with Gasteiger partial charge in [-0.05, 0) is 85.6 Å². The fraction of sp³-hybridized carbons (Fsp3) is 0.176. The van der Waals surface area contributed by atoms with Crippen molar-refractivity contribution in [1.82, 2.24) is 19.9 Å². The summed E-state index contributed by atoms with van der Waals surface area (Å²) >= 11 is 0. The number of nitrogens with two attached hydrogens (primary N) is 2. The fourth-order valence-electron chi connectivity index (χ4n) is 4.38.